The average Bonchev–Trinajstić information content (AvgIpc) is 2.69. The van der Waals surface area contributed by atoms with Gasteiger partial charge >= 0.3 is 0 Å². The fraction of sp³-hybridized carbons (Fsp3) is 0.150. The van der Waals surface area contributed by atoms with Crippen LogP contribution >= 0.6 is 0 Å². The number of hydrogen-bond acceptors (Lipinski definition) is 4. The van der Waals surface area contributed by atoms with E-state index in [1.54, 1.807) is 48.9 Å². The van der Waals surface area contributed by atoms with Gasteiger partial charge in [-0.2, -0.15) is 0 Å². The molecule has 0 spiro atoms. The highest BCUT2D eigenvalue weighted by Crippen LogP contribution is 2.09. The van der Waals surface area contributed by atoms with E-state index in [0.717, 1.165) is 11.3 Å². The fourth-order valence-corrected chi connectivity index (χ4v) is 2.44. The Kier molecular flexibility index (Phi) is 5.88. The van der Waals surface area contributed by atoms with E-state index in [4.69, 9.17) is 0 Å². The van der Waals surface area contributed by atoms with Crippen LogP contribution < -0.4 is 10.6 Å². The van der Waals surface area contributed by atoms with Crippen molar-refractivity contribution in [3.63, 3.8) is 0 Å². The second-order valence-corrected chi connectivity index (χ2v) is 5.74. The smallest absolute Gasteiger partial charge is 0.269 e. The van der Waals surface area contributed by atoms with E-state index in [0.29, 0.717) is 30.8 Å². The fourth-order valence-electron chi connectivity index (χ4n) is 2.44. The van der Waals surface area contributed by atoms with E-state index in [1.807, 2.05) is 12.1 Å². The zero-order valence-corrected chi connectivity index (χ0v) is 14.2. The summed E-state index contributed by atoms with van der Waals surface area (Å²) >= 11 is 0. The van der Waals surface area contributed by atoms with Crippen molar-refractivity contribution in [1.29, 1.82) is 0 Å². The zero-order chi connectivity index (χ0) is 18.2. The van der Waals surface area contributed by atoms with Crippen LogP contribution in [0.15, 0.2) is 67.1 Å². The molecule has 0 radical (unpaired) electrons. The maximum atomic E-state index is 13.5. The van der Waals surface area contributed by atoms with Gasteiger partial charge in [0.05, 0.1) is 11.9 Å². The predicted octanol–water partition coefficient (Wildman–Crippen LogP) is 3.20. The van der Waals surface area contributed by atoms with Gasteiger partial charge in [0.1, 0.15) is 11.5 Å². The highest BCUT2D eigenvalue weighted by atomic mass is 19.1. The Morgan fingerprint density at radius 3 is 2.65 bits per heavy atom. The predicted molar refractivity (Wildman–Crippen MR) is 98.2 cm³/mol. The molecule has 2 N–H and O–H groups in total. The highest BCUT2D eigenvalue weighted by Gasteiger charge is 2.07. The molecule has 3 aromatic rings. The second-order valence-electron chi connectivity index (χ2n) is 5.74. The van der Waals surface area contributed by atoms with Crippen molar-refractivity contribution in [3.05, 3.63) is 89.8 Å². The minimum absolute atomic E-state index is 0.260. The van der Waals surface area contributed by atoms with E-state index in [2.05, 4.69) is 20.6 Å². The molecule has 1 amide bonds. The van der Waals surface area contributed by atoms with E-state index in [-0.39, 0.29) is 11.7 Å². The summed E-state index contributed by atoms with van der Waals surface area (Å²) < 4.78 is 13.5. The normalized spacial score (nSPS) is 10.3. The summed E-state index contributed by atoms with van der Waals surface area (Å²) in [5.41, 5.74) is 2.78. The molecule has 0 atom stereocenters. The van der Waals surface area contributed by atoms with Gasteiger partial charge in [0.15, 0.2) is 0 Å². The number of amides is 1. The van der Waals surface area contributed by atoms with Crippen molar-refractivity contribution in [2.75, 3.05) is 11.9 Å². The zero-order valence-electron chi connectivity index (χ0n) is 14.2. The number of anilines is 1. The SMILES string of the molecule is O=C(NCCc1ccccc1F)c1ccc(NCc2cccnc2)cn1. The summed E-state index contributed by atoms with van der Waals surface area (Å²) in [6, 6.07) is 13.9. The second kappa shape index (κ2) is 8.71. The summed E-state index contributed by atoms with van der Waals surface area (Å²) in [5.74, 6) is -0.538. The number of aromatic nitrogens is 2. The quantitative estimate of drug-likeness (QED) is 0.687. The van der Waals surface area contributed by atoms with Crippen LogP contribution in [-0.2, 0) is 13.0 Å². The van der Waals surface area contributed by atoms with Crippen LogP contribution in [0.5, 0.6) is 0 Å². The molecule has 132 valence electrons. The Labute approximate surface area is 151 Å². The summed E-state index contributed by atoms with van der Waals surface area (Å²) in [7, 11) is 0. The molecule has 0 aliphatic rings. The van der Waals surface area contributed by atoms with Crippen LogP contribution in [0.3, 0.4) is 0 Å². The molecule has 2 aromatic heterocycles. The molecule has 0 aliphatic carbocycles. The lowest BCUT2D eigenvalue weighted by Gasteiger charge is -2.08. The lowest BCUT2D eigenvalue weighted by molar-refractivity contribution is 0.0949. The molecule has 26 heavy (non-hydrogen) atoms. The van der Waals surface area contributed by atoms with Crippen LogP contribution in [0.4, 0.5) is 10.1 Å². The van der Waals surface area contributed by atoms with E-state index in [9.17, 15) is 9.18 Å². The van der Waals surface area contributed by atoms with Gasteiger partial charge in [0.2, 0.25) is 0 Å². The van der Waals surface area contributed by atoms with Gasteiger partial charge in [-0.1, -0.05) is 24.3 Å². The molecule has 5 nitrogen and oxygen atoms in total. The highest BCUT2D eigenvalue weighted by molar-refractivity contribution is 5.92. The van der Waals surface area contributed by atoms with Gasteiger partial charge in [-0.25, -0.2) is 9.37 Å². The Bertz CT molecular complexity index is 853. The topological polar surface area (TPSA) is 66.9 Å². The number of nitrogens with one attached hydrogen (secondary N) is 2. The van der Waals surface area contributed by atoms with E-state index < -0.39 is 0 Å². The van der Waals surface area contributed by atoms with Crippen molar-refractivity contribution in [3.8, 4) is 0 Å². The van der Waals surface area contributed by atoms with Gasteiger partial charge in [-0.05, 0) is 41.8 Å². The third-order valence-electron chi connectivity index (χ3n) is 3.85. The van der Waals surface area contributed by atoms with Gasteiger partial charge in [0.25, 0.3) is 5.91 Å². The third kappa shape index (κ3) is 4.86. The Morgan fingerprint density at radius 2 is 1.92 bits per heavy atom. The Balaban J connectivity index is 1.48. The Morgan fingerprint density at radius 1 is 1.04 bits per heavy atom. The first-order valence-corrected chi connectivity index (χ1v) is 8.33. The molecular formula is C20H19FN4O. The lowest BCUT2D eigenvalue weighted by Crippen LogP contribution is -2.26. The van der Waals surface area contributed by atoms with Gasteiger partial charge in [-0.15, -0.1) is 0 Å². The molecule has 0 unspecified atom stereocenters. The minimum Gasteiger partial charge on any atom is -0.380 e. The maximum absolute atomic E-state index is 13.5. The summed E-state index contributed by atoms with van der Waals surface area (Å²) in [6.07, 6.45) is 5.56. The largest absolute Gasteiger partial charge is 0.380 e. The molecule has 0 aliphatic heterocycles. The molecule has 2 heterocycles. The van der Waals surface area contributed by atoms with Crippen LogP contribution in [0, 0.1) is 5.82 Å². The van der Waals surface area contributed by atoms with E-state index >= 15 is 0 Å². The van der Waals surface area contributed by atoms with Crippen molar-refractivity contribution >= 4 is 11.6 Å². The van der Waals surface area contributed by atoms with Crippen LogP contribution in [-0.4, -0.2) is 22.4 Å². The van der Waals surface area contributed by atoms with Gasteiger partial charge in [-0.3, -0.25) is 9.78 Å². The third-order valence-corrected chi connectivity index (χ3v) is 3.85. The number of carbonyl (C=O) groups is 1. The van der Waals surface area contributed by atoms with Crippen molar-refractivity contribution < 1.29 is 9.18 Å². The van der Waals surface area contributed by atoms with Crippen LogP contribution in [0.1, 0.15) is 21.6 Å². The van der Waals surface area contributed by atoms with Crippen LogP contribution in [0.25, 0.3) is 0 Å². The standard InChI is InChI=1S/C20H19FN4O/c21-18-6-2-1-5-16(18)9-11-23-20(26)19-8-7-17(14-25-19)24-13-15-4-3-10-22-12-15/h1-8,10,12,14,24H,9,11,13H2,(H,23,26). The summed E-state index contributed by atoms with van der Waals surface area (Å²) in [5, 5.41) is 5.98. The number of rotatable bonds is 7. The molecule has 6 heteroatoms. The summed E-state index contributed by atoms with van der Waals surface area (Å²) in [6.45, 7) is 0.978. The Hall–Kier alpha value is -3.28. The first-order valence-electron chi connectivity index (χ1n) is 8.33. The first-order chi connectivity index (χ1) is 12.7. The number of nitrogens with zero attached hydrogens (tertiary/aromatic N) is 2. The first kappa shape index (κ1) is 17.5. The monoisotopic (exact) mass is 350 g/mol. The molecule has 0 saturated carbocycles. The molecule has 0 saturated heterocycles. The molecule has 3 rings (SSSR count). The van der Waals surface area contributed by atoms with Gasteiger partial charge in [0, 0.05) is 25.5 Å². The number of hydrogen-bond donors (Lipinski definition) is 2. The molecular weight excluding hydrogens is 331 g/mol. The van der Waals surface area contributed by atoms with Crippen molar-refractivity contribution in [2.24, 2.45) is 0 Å². The van der Waals surface area contributed by atoms with Crippen molar-refractivity contribution in [1.82, 2.24) is 15.3 Å². The number of carbonyl (C=O) groups excluding carboxylic acids is 1. The number of halogens is 1. The number of benzene rings is 1. The van der Waals surface area contributed by atoms with E-state index in [1.165, 1.54) is 6.07 Å². The lowest BCUT2D eigenvalue weighted by atomic mass is 10.1. The number of pyridine rings is 2. The van der Waals surface area contributed by atoms with Crippen LogP contribution in [0.2, 0.25) is 0 Å². The average molecular weight is 350 g/mol. The minimum atomic E-state index is -0.278. The summed E-state index contributed by atoms with van der Waals surface area (Å²) in [4.78, 5) is 20.3. The molecule has 0 bridgehead atoms. The van der Waals surface area contributed by atoms with Crippen molar-refractivity contribution in [2.45, 2.75) is 13.0 Å². The molecule has 1 aromatic carbocycles. The maximum Gasteiger partial charge on any atom is 0.269 e. The molecule has 0 fully saturated rings. The van der Waals surface area contributed by atoms with Gasteiger partial charge < -0.3 is 10.6 Å².